The largest absolute Gasteiger partial charge is 0.493 e. The molecule has 2 aromatic carbocycles. The molecule has 0 N–H and O–H groups in total. The van der Waals surface area contributed by atoms with Gasteiger partial charge in [0.15, 0.2) is 0 Å². The molecule has 1 aliphatic heterocycles. The lowest BCUT2D eigenvalue weighted by Crippen LogP contribution is -2.18. The van der Waals surface area contributed by atoms with Gasteiger partial charge in [-0.05, 0) is 60.4 Å². The van der Waals surface area contributed by atoms with E-state index in [-0.39, 0.29) is 0 Å². The second-order valence-electron chi connectivity index (χ2n) is 6.48. The Labute approximate surface area is 128 Å². The van der Waals surface area contributed by atoms with Gasteiger partial charge in [0.25, 0.3) is 0 Å². The van der Waals surface area contributed by atoms with Crippen LogP contribution in [0.15, 0.2) is 42.5 Å². The zero-order valence-corrected chi connectivity index (χ0v) is 13.2. The molecule has 0 amide bonds. The van der Waals surface area contributed by atoms with Crippen molar-refractivity contribution in [3.8, 4) is 16.9 Å². The minimum absolute atomic E-state index is 0.709. The van der Waals surface area contributed by atoms with Crippen LogP contribution in [0.3, 0.4) is 0 Å². The summed E-state index contributed by atoms with van der Waals surface area (Å²) in [6.07, 6.45) is 2.26. The van der Waals surface area contributed by atoms with Crippen LogP contribution >= 0.6 is 0 Å². The quantitative estimate of drug-likeness (QED) is 0.692. The van der Waals surface area contributed by atoms with Crippen molar-refractivity contribution in [1.29, 1.82) is 0 Å². The predicted octanol–water partition coefficient (Wildman–Crippen LogP) is 5.26. The summed E-state index contributed by atoms with van der Waals surface area (Å²) >= 11 is 0. The van der Waals surface area contributed by atoms with Crippen LogP contribution in [0.5, 0.6) is 5.75 Å². The van der Waals surface area contributed by atoms with E-state index in [1.165, 1.54) is 22.3 Å². The van der Waals surface area contributed by atoms with Crippen molar-refractivity contribution in [2.45, 2.75) is 33.6 Å². The number of rotatable bonds is 1. The van der Waals surface area contributed by atoms with Crippen molar-refractivity contribution < 1.29 is 4.74 Å². The van der Waals surface area contributed by atoms with E-state index < -0.39 is 0 Å². The Morgan fingerprint density at radius 2 is 1.62 bits per heavy atom. The molecule has 3 rings (SSSR count). The molecule has 2 aromatic rings. The first-order valence-electron chi connectivity index (χ1n) is 7.96. The number of hydrogen-bond acceptors (Lipinski definition) is 1. The number of aryl methyl sites for hydroxylation is 1. The molecule has 1 aliphatic rings. The molecule has 110 valence electrons. The van der Waals surface area contributed by atoms with Crippen LogP contribution < -0.4 is 4.74 Å². The maximum absolute atomic E-state index is 5.96. The van der Waals surface area contributed by atoms with Crippen LogP contribution in [0.1, 0.15) is 31.4 Å². The normalized spacial score (nSPS) is 21.9. The van der Waals surface area contributed by atoms with Crippen molar-refractivity contribution in [2.24, 2.45) is 11.8 Å². The first-order valence-corrected chi connectivity index (χ1v) is 7.96. The van der Waals surface area contributed by atoms with Gasteiger partial charge >= 0.3 is 0 Å². The Morgan fingerprint density at radius 3 is 2.38 bits per heavy atom. The molecule has 0 radical (unpaired) electrons. The number of benzene rings is 2. The van der Waals surface area contributed by atoms with Gasteiger partial charge in [-0.25, -0.2) is 0 Å². The third-order valence-electron chi connectivity index (χ3n) is 4.79. The SMILES string of the molecule is Cc1ccc(-c2ccc3c(c2)CC(C)C(C)CCO3)cc1. The lowest BCUT2D eigenvalue weighted by Gasteiger charge is -2.25. The molecule has 1 heterocycles. The van der Waals surface area contributed by atoms with E-state index in [1.807, 2.05) is 0 Å². The molecule has 0 aromatic heterocycles. The van der Waals surface area contributed by atoms with Crippen molar-refractivity contribution in [3.63, 3.8) is 0 Å². The number of ether oxygens (including phenoxy) is 1. The highest BCUT2D eigenvalue weighted by Gasteiger charge is 2.19. The first kappa shape index (κ1) is 14.2. The van der Waals surface area contributed by atoms with Crippen LogP contribution in [0.2, 0.25) is 0 Å². The van der Waals surface area contributed by atoms with Gasteiger partial charge in [-0.15, -0.1) is 0 Å². The number of fused-ring (bicyclic) bond motifs is 1. The molecule has 0 spiro atoms. The molecular weight excluding hydrogens is 256 g/mol. The van der Waals surface area contributed by atoms with Crippen LogP contribution in [0, 0.1) is 18.8 Å². The fourth-order valence-corrected chi connectivity index (χ4v) is 2.99. The van der Waals surface area contributed by atoms with E-state index in [9.17, 15) is 0 Å². The van der Waals surface area contributed by atoms with Crippen LogP contribution in [0.4, 0.5) is 0 Å². The Kier molecular flexibility index (Phi) is 4.01. The molecule has 1 nitrogen and oxygen atoms in total. The lowest BCUT2D eigenvalue weighted by atomic mass is 9.86. The van der Waals surface area contributed by atoms with E-state index in [1.54, 1.807) is 0 Å². The molecule has 0 fully saturated rings. The lowest BCUT2D eigenvalue weighted by molar-refractivity contribution is 0.234. The molecule has 0 saturated carbocycles. The molecule has 0 bridgehead atoms. The van der Waals surface area contributed by atoms with Crippen LogP contribution in [0.25, 0.3) is 11.1 Å². The first-order chi connectivity index (χ1) is 10.1. The highest BCUT2D eigenvalue weighted by atomic mass is 16.5. The van der Waals surface area contributed by atoms with Gasteiger partial charge in [0.1, 0.15) is 5.75 Å². The van der Waals surface area contributed by atoms with Gasteiger partial charge in [0.05, 0.1) is 6.61 Å². The maximum atomic E-state index is 5.96. The average Bonchev–Trinajstić information content (AvgIpc) is 2.48. The molecule has 2 atom stereocenters. The van der Waals surface area contributed by atoms with E-state index in [2.05, 4.69) is 63.2 Å². The van der Waals surface area contributed by atoms with E-state index in [4.69, 9.17) is 4.74 Å². The topological polar surface area (TPSA) is 9.23 Å². The molecule has 0 aliphatic carbocycles. The van der Waals surface area contributed by atoms with Crippen LogP contribution in [-0.2, 0) is 6.42 Å². The third kappa shape index (κ3) is 3.12. The monoisotopic (exact) mass is 280 g/mol. The second kappa shape index (κ2) is 5.93. The summed E-state index contributed by atoms with van der Waals surface area (Å²) in [5, 5.41) is 0. The Balaban J connectivity index is 1.95. The van der Waals surface area contributed by atoms with Crippen molar-refractivity contribution >= 4 is 0 Å². The van der Waals surface area contributed by atoms with Crippen molar-refractivity contribution in [1.82, 2.24) is 0 Å². The van der Waals surface area contributed by atoms with Crippen LogP contribution in [-0.4, -0.2) is 6.61 Å². The summed E-state index contributed by atoms with van der Waals surface area (Å²) in [7, 11) is 0. The summed E-state index contributed by atoms with van der Waals surface area (Å²) in [4.78, 5) is 0. The average molecular weight is 280 g/mol. The smallest absolute Gasteiger partial charge is 0.122 e. The molecule has 2 unspecified atom stereocenters. The van der Waals surface area contributed by atoms with Gasteiger partial charge in [-0.3, -0.25) is 0 Å². The van der Waals surface area contributed by atoms with Crippen molar-refractivity contribution in [3.05, 3.63) is 53.6 Å². The minimum Gasteiger partial charge on any atom is -0.493 e. The summed E-state index contributed by atoms with van der Waals surface area (Å²) in [5.41, 5.74) is 5.23. The van der Waals surface area contributed by atoms with Gasteiger partial charge in [-0.2, -0.15) is 0 Å². The second-order valence-corrected chi connectivity index (χ2v) is 6.48. The van der Waals surface area contributed by atoms with Crippen molar-refractivity contribution in [2.75, 3.05) is 6.61 Å². The van der Waals surface area contributed by atoms with Gasteiger partial charge < -0.3 is 4.74 Å². The van der Waals surface area contributed by atoms with Gasteiger partial charge in [0, 0.05) is 0 Å². The molecule has 21 heavy (non-hydrogen) atoms. The summed E-state index contributed by atoms with van der Waals surface area (Å²) in [6, 6.07) is 15.4. The summed E-state index contributed by atoms with van der Waals surface area (Å²) in [5.74, 6) is 2.51. The number of hydrogen-bond donors (Lipinski definition) is 0. The zero-order valence-electron chi connectivity index (χ0n) is 13.2. The highest BCUT2D eigenvalue weighted by Crippen LogP contribution is 2.32. The summed E-state index contributed by atoms with van der Waals surface area (Å²) < 4.78 is 5.96. The standard InChI is InChI=1S/C20H24O/c1-14-4-6-17(7-5-14)18-8-9-20-19(13-18)12-16(3)15(2)10-11-21-20/h4-9,13,15-16H,10-12H2,1-3H3. The highest BCUT2D eigenvalue weighted by molar-refractivity contribution is 5.66. The molecule has 0 saturated heterocycles. The maximum Gasteiger partial charge on any atom is 0.122 e. The van der Waals surface area contributed by atoms with Gasteiger partial charge in [0.2, 0.25) is 0 Å². The minimum atomic E-state index is 0.709. The molecular formula is C20H24O. The fourth-order valence-electron chi connectivity index (χ4n) is 2.99. The zero-order chi connectivity index (χ0) is 14.8. The summed E-state index contributed by atoms with van der Waals surface area (Å²) in [6.45, 7) is 7.66. The van der Waals surface area contributed by atoms with E-state index in [0.717, 1.165) is 31.1 Å². The Bertz CT molecular complexity index is 612. The third-order valence-corrected chi connectivity index (χ3v) is 4.79. The Morgan fingerprint density at radius 1 is 0.905 bits per heavy atom. The van der Waals surface area contributed by atoms with E-state index >= 15 is 0 Å². The fraction of sp³-hybridized carbons (Fsp3) is 0.400. The molecule has 1 heteroatoms. The predicted molar refractivity (Wildman–Crippen MR) is 88.8 cm³/mol. The van der Waals surface area contributed by atoms with Gasteiger partial charge in [-0.1, -0.05) is 49.7 Å². The van der Waals surface area contributed by atoms with E-state index in [0.29, 0.717) is 5.92 Å². The Hall–Kier alpha value is -1.76.